The number of carbonyl (C=O) groups is 1. The molecule has 0 heterocycles. The molecule has 1 aliphatic rings. The minimum absolute atomic E-state index is 0.0361. The number of rotatable bonds is 9. The van der Waals surface area contributed by atoms with Crippen molar-refractivity contribution in [1.82, 2.24) is 0 Å². The van der Waals surface area contributed by atoms with Crippen LogP contribution in [0.5, 0.6) is 11.5 Å². The average Bonchev–Trinajstić information content (AvgIpc) is 2.90. The Morgan fingerprint density at radius 1 is 0.946 bits per heavy atom. The molecule has 4 rings (SSSR count). The summed E-state index contributed by atoms with van der Waals surface area (Å²) in [5.74, 6) is -2.70. The molecule has 0 atom stereocenters. The molecular formula is C31H31F3O3. The molecule has 0 amide bonds. The first kappa shape index (κ1) is 26.5. The van der Waals surface area contributed by atoms with E-state index in [1.54, 1.807) is 30.3 Å². The largest absolute Gasteiger partial charge is 0.491 e. The zero-order valence-electron chi connectivity index (χ0n) is 20.9. The van der Waals surface area contributed by atoms with E-state index >= 15 is 0 Å². The van der Waals surface area contributed by atoms with E-state index in [1.165, 1.54) is 30.3 Å². The third-order valence-corrected chi connectivity index (χ3v) is 6.93. The highest BCUT2D eigenvalue weighted by molar-refractivity contribution is 5.91. The van der Waals surface area contributed by atoms with Crippen LogP contribution in [0.25, 0.3) is 11.1 Å². The molecule has 1 aliphatic carbocycles. The maximum Gasteiger partial charge on any atom is 0.346 e. The van der Waals surface area contributed by atoms with Gasteiger partial charge in [0.05, 0.1) is 12.2 Å². The molecule has 0 saturated heterocycles. The lowest BCUT2D eigenvalue weighted by atomic mass is 9.79. The van der Waals surface area contributed by atoms with Crippen molar-refractivity contribution in [3.8, 4) is 22.6 Å². The number of hydrogen-bond donors (Lipinski definition) is 0. The molecular weight excluding hydrogens is 477 g/mol. The van der Waals surface area contributed by atoms with Gasteiger partial charge in [-0.05, 0) is 84.5 Å². The standard InChI is InChI=1S/C31H31F3O3/c1-3-4-5-18-36-28-17-12-23(19-27(28)32)21-10-13-24(14-11-21)37-31(35)26-16-15-25(29(33)30(26)34)22-8-6-20(2)7-9-22/h3,10-17,19-20,22H,1,4-9,18H2,2H3. The van der Waals surface area contributed by atoms with Crippen LogP contribution in [0.15, 0.2) is 67.3 Å². The van der Waals surface area contributed by atoms with Gasteiger partial charge < -0.3 is 9.47 Å². The molecule has 0 radical (unpaired) electrons. The van der Waals surface area contributed by atoms with Crippen LogP contribution in [0.4, 0.5) is 13.2 Å². The summed E-state index contributed by atoms with van der Waals surface area (Å²) < 4.78 is 54.8. The molecule has 1 saturated carbocycles. The molecule has 0 bridgehead atoms. The smallest absolute Gasteiger partial charge is 0.346 e. The number of ether oxygens (including phenoxy) is 2. The van der Waals surface area contributed by atoms with Crippen LogP contribution in [0.2, 0.25) is 0 Å². The minimum Gasteiger partial charge on any atom is -0.491 e. The van der Waals surface area contributed by atoms with Gasteiger partial charge in [-0.2, -0.15) is 0 Å². The van der Waals surface area contributed by atoms with Crippen LogP contribution in [-0.4, -0.2) is 12.6 Å². The van der Waals surface area contributed by atoms with Crippen molar-refractivity contribution in [3.05, 3.63) is 95.8 Å². The summed E-state index contributed by atoms with van der Waals surface area (Å²) in [6.07, 6.45) is 6.91. The number of carbonyl (C=O) groups excluding carboxylic acids is 1. The number of esters is 1. The molecule has 37 heavy (non-hydrogen) atoms. The van der Waals surface area contributed by atoms with Gasteiger partial charge in [0.2, 0.25) is 0 Å². The predicted molar refractivity (Wildman–Crippen MR) is 138 cm³/mol. The zero-order valence-corrected chi connectivity index (χ0v) is 20.9. The summed E-state index contributed by atoms with van der Waals surface area (Å²) in [6.45, 7) is 6.21. The van der Waals surface area contributed by atoms with Crippen molar-refractivity contribution in [2.45, 2.75) is 51.4 Å². The Morgan fingerprint density at radius 3 is 2.32 bits per heavy atom. The fraction of sp³-hybridized carbons (Fsp3) is 0.323. The third-order valence-electron chi connectivity index (χ3n) is 6.93. The predicted octanol–water partition coefficient (Wildman–Crippen LogP) is 8.63. The molecule has 0 aliphatic heterocycles. The van der Waals surface area contributed by atoms with Gasteiger partial charge in [-0.1, -0.05) is 50.1 Å². The van der Waals surface area contributed by atoms with Gasteiger partial charge in [0.25, 0.3) is 0 Å². The molecule has 3 aromatic carbocycles. The fourth-order valence-electron chi connectivity index (χ4n) is 4.69. The second kappa shape index (κ2) is 12.1. The van der Waals surface area contributed by atoms with Crippen molar-refractivity contribution in [2.75, 3.05) is 6.61 Å². The van der Waals surface area contributed by atoms with Crippen molar-refractivity contribution in [2.24, 2.45) is 5.92 Å². The Morgan fingerprint density at radius 2 is 1.65 bits per heavy atom. The van der Waals surface area contributed by atoms with Crippen molar-refractivity contribution < 1.29 is 27.4 Å². The van der Waals surface area contributed by atoms with Crippen LogP contribution in [0.3, 0.4) is 0 Å². The van der Waals surface area contributed by atoms with E-state index < -0.39 is 29.0 Å². The Kier molecular flexibility index (Phi) is 8.70. The van der Waals surface area contributed by atoms with Crippen LogP contribution < -0.4 is 9.47 Å². The third kappa shape index (κ3) is 6.43. The molecule has 0 spiro atoms. The monoisotopic (exact) mass is 508 g/mol. The van der Waals surface area contributed by atoms with Gasteiger partial charge in [-0.25, -0.2) is 18.0 Å². The van der Waals surface area contributed by atoms with Gasteiger partial charge >= 0.3 is 5.97 Å². The Hall–Kier alpha value is -3.54. The second-order valence-electron chi connectivity index (χ2n) is 9.63. The first-order chi connectivity index (χ1) is 17.9. The first-order valence-corrected chi connectivity index (χ1v) is 12.7. The summed E-state index contributed by atoms with van der Waals surface area (Å²) in [6, 6.07) is 13.8. The molecule has 6 heteroatoms. The number of hydrogen-bond acceptors (Lipinski definition) is 3. The number of unbranched alkanes of at least 4 members (excludes halogenated alkanes) is 1. The summed E-state index contributed by atoms with van der Waals surface area (Å²) in [5, 5.41) is 0. The summed E-state index contributed by atoms with van der Waals surface area (Å²) in [7, 11) is 0. The topological polar surface area (TPSA) is 35.5 Å². The van der Waals surface area contributed by atoms with Gasteiger partial charge in [-0.3, -0.25) is 0 Å². The van der Waals surface area contributed by atoms with Crippen LogP contribution in [-0.2, 0) is 0 Å². The van der Waals surface area contributed by atoms with Crippen molar-refractivity contribution in [3.63, 3.8) is 0 Å². The van der Waals surface area contributed by atoms with Crippen LogP contribution >= 0.6 is 0 Å². The maximum absolute atomic E-state index is 14.8. The lowest BCUT2D eigenvalue weighted by Crippen LogP contribution is -2.16. The molecule has 3 aromatic rings. The Balaban J connectivity index is 1.41. The highest BCUT2D eigenvalue weighted by Crippen LogP contribution is 2.37. The Labute approximate surface area is 215 Å². The van der Waals surface area contributed by atoms with E-state index in [4.69, 9.17) is 9.47 Å². The summed E-state index contributed by atoms with van der Waals surface area (Å²) in [4.78, 5) is 12.6. The van der Waals surface area contributed by atoms with E-state index in [9.17, 15) is 18.0 Å². The van der Waals surface area contributed by atoms with Crippen molar-refractivity contribution >= 4 is 5.97 Å². The van der Waals surface area contributed by atoms with Gasteiger partial charge in [0.15, 0.2) is 23.2 Å². The van der Waals surface area contributed by atoms with E-state index in [0.29, 0.717) is 29.2 Å². The molecule has 0 unspecified atom stereocenters. The average molecular weight is 509 g/mol. The molecule has 1 fully saturated rings. The fourth-order valence-corrected chi connectivity index (χ4v) is 4.69. The number of allylic oxidation sites excluding steroid dienone is 1. The maximum atomic E-state index is 14.8. The Bertz CT molecular complexity index is 1250. The van der Waals surface area contributed by atoms with Gasteiger partial charge in [-0.15, -0.1) is 6.58 Å². The van der Waals surface area contributed by atoms with Crippen LogP contribution in [0, 0.1) is 23.4 Å². The quantitative estimate of drug-likeness (QED) is 0.126. The molecule has 194 valence electrons. The van der Waals surface area contributed by atoms with E-state index in [0.717, 1.165) is 38.5 Å². The molecule has 0 N–H and O–H groups in total. The highest BCUT2D eigenvalue weighted by atomic mass is 19.2. The van der Waals surface area contributed by atoms with E-state index in [1.807, 2.05) is 0 Å². The summed E-state index contributed by atoms with van der Waals surface area (Å²) in [5.41, 5.74) is 1.20. The minimum atomic E-state index is -1.18. The van der Waals surface area contributed by atoms with E-state index in [2.05, 4.69) is 13.5 Å². The number of halogens is 3. The second-order valence-corrected chi connectivity index (χ2v) is 9.63. The molecule has 3 nitrogen and oxygen atoms in total. The zero-order chi connectivity index (χ0) is 26.4. The lowest BCUT2D eigenvalue weighted by Gasteiger charge is -2.27. The highest BCUT2D eigenvalue weighted by Gasteiger charge is 2.27. The van der Waals surface area contributed by atoms with Crippen molar-refractivity contribution in [1.29, 1.82) is 0 Å². The van der Waals surface area contributed by atoms with Crippen LogP contribution in [0.1, 0.15) is 67.3 Å². The first-order valence-electron chi connectivity index (χ1n) is 12.7. The molecule has 0 aromatic heterocycles. The number of benzene rings is 3. The lowest BCUT2D eigenvalue weighted by molar-refractivity contribution is 0.0728. The van der Waals surface area contributed by atoms with E-state index in [-0.39, 0.29) is 17.4 Å². The van der Waals surface area contributed by atoms with Gasteiger partial charge in [0.1, 0.15) is 5.75 Å². The summed E-state index contributed by atoms with van der Waals surface area (Å²) >= 11 is 0. The van der Waals surface area contributed by atoms with Gasteiger partial charge in [0, 0.05) is 0 Å². The normalized spacial score (nSPS) is 17.3. The SMILES string of the molecule is C=CCCCOc1ccc(-c2ccc(OC(=O)c3ccc(C4CCC(C)CC4)c(F)c3F)cc2)cc1F.